The van der Waals surface area contributed by atoms with Gasteiger partial charge in [-0.1, -0.05) is 24.3 Å². The number of carbonyl (C=O) groups is 2. The Morgan fingerprint density at radius 1 is 1.07 bits per heavy atom. The lowest BCUT2D eigenvalue weighted by atomic mass is 10.1. The van der Waals surface area contributed by atoms with Gasteiger partial charge in [0.2, 0.25) is 11.8 Å². The molecule has 1 fully saturated rings. The Bertz CT molecular complexity index is 1050. The normalized spacial score (nSPS) is 18.5. The van der Waals surface area contributed by atoms with Gasteiger partial charge in [0.15, 0.2) is 9.84 Å². The van der Waals surface area contributed by atoms with E-state index in [4.69, 9.17) is 0 Å². The van der Waals surface area contributed by atoms with Crippen molar-refractivity contribution in [3.8, 4) is 0 Å². The number of aryl methyl sites for hydroxylation is 2. The van der Waals surface area contributed by atoms with Gasteiger partial charge in [0.1, 0.15) is 0 Å². The molecule has 2 aromatic carbocycles. The number of nitrogens with zero attached hydrogens (tertiary/aromatic N) is 1. The summed E-state index contributed by atoms with van der Waals surface area (Å²) >= 11 is 0. The zero-order valence-electron chi connectivity index (χ0n) is 16.8. The number of fused-ring (bicyclic) bond motifs is 1. The number of benzene rings is 2. The summed E-state index contributed by atoms with van der Waals surface area (Å²) in [5.74, 6) is -0.664. The van der Waals surface area contributed by atoms with E-state index in [1.807, 2.05) is 6.07 Å². The lowest BCUT2D eigenvalue weighted by molar-refractivity contribution is -0.126. The summed E-state index contributed by atoms with van der Waals surface area (Å²) in [5, 5.41) is 2.80. The largest absolute Gasteiger partial charge is 0.356 e. The van der Waals surface area contributed by atoms with E-state index in [0.29, 0.717) is 17.9 Å². The molecule has 158 valence electrons. The highest BCUT2D eigenvalue weighted by Gasteiger charge is 2.35. The fourth-order valence-corrected chi connectivity index (χ4v) is 5.55. The molecule has 2 amide bonds. The van der Waals surface area contributed by atoms with Crippen LogP contribution in [0.25, 0.3) is 0 Å². The second-order valence-corrected chi connectivity index (χ2v) is 10.1. The van der Waals surface area contributed by atoms with E-state index in [2.05, 4.69) is 17.4 Å². The highest BCUT2D eigenvalue weighted by atomic mass is 32.2. The van der Waals surface area contributed by atoms with Gasteiger partial charge in [0.05, 0.1) is 16.6 Å². The molecule has 0 saturated carbocycles. The molecule has 4 rings (SSSR count). The maximum absolute atomic E-state index is 12.5. The summed E-state index contributed by atoms with van der Waals surface area (Å²) in [6.07, 6.45) is 3.80. The first-order valence-corrected chi connectivity index (χ1v) is 12.1. The first-order chi connectivity index (χ1) is 14.4. The van der Waals surface area contributed by atoms with E-state index in [1.54, 1.807) is 35.2 Å². The van der Waals surface area contributed by atoms with Crippen molar-refractivity contribution in [1.82, 2.24) is 5.32 Å². The van der Waals surface area contributed by atoms with E-state index in [0.717, 1.165) is 24.9 Å². The van der Waals surface area contributed by atoms with Crippen molar-refractivity contribution in [3.63, 3.8) is 0 Å². The Kier molecular flexibility index (Phi) is 5.90. The SMILES string of the molecule is O=C(NCCCS(=O)(=O)c1ccccc1)C1CC(=O)N(c2ccc3c(c2)CCC3)C1. The van der Waals surface area contributed by atoms with Crippen LogP contribution >= 0.6 is 0 Å². The van der Waals surface area contributed by atoms with Crippen LogP contribution in [0.4, 0.5) is 5.69 Å². The van der Waals surface area contributed by atoms with Crippen LogP contribution in [-0.4, -0.2) is 39.1 Å². The molecule has 0 aromatic heterocycles. The van der Waals surface area contributed by atoms with E-state index in [9.17, 15) is 18.0 Å². The van der Waals surface area contributed by atoms with Crippen molar-refractivity contribution in [2.75, 3.05) is 23.7 Å². The zero-order chi connectivity index (χ0) is 21.1. The minimum Gasteiger partial charge on any atom is -0.356 e. The molecule has 30 heavy (non-hydrogen) atoms. The van der Waals surface area contributed by atoms with Crippen molar-refractivity contribution in [2.45, 2.75) is 37.0 Å². The fourth-order valence-electron chi connectivity index (χ4n) is 4.22. The first kappa shape index (κ1) is 20.6. The molecule has 1 N–H and O–H groups in total. The molecule has 2 aromatic rings. The van der Waals surface area contributed by atoms with Gasteiger partial charge in [-0.3, -0.25) is 9.59 Å². The topological polar surface area (TPSA) is 83.5 Å². The lowest BCUT2D eigenvalue weighted by Crippen LogP contribution is -2.34. The van der Waals surface area contributed by atoms with Crippen LogP contribution in [-0.2, 0) is 32.3 Å². The van der Waals surface area contributed by atoms with Crippen LogP contribution in [0.5, 0.6) is 0 Å². The molecule has 0 spiro atoms. The number of sulfone groups is 1. The molecule has 1 saturated heterocycles. The third-order valence-corrected chi connectivity index (χ3v) is 7.70. The van der Waals surface area contributed by atoms with E-state index >= 15 is 0 Å². The minimum absolute atomic E-state index is 0.0257. The molecule has 1 aliphatic heterocycles. The zero-order valence-corrected chi connectivity index (χ0v) is 17.7. The Morgan fingerprint density at radius 3 is 2.63 bits per heavy atom. The van der Waals surface area contributed by atoms with Crippen LogP contribution in [0, 0.1) is 5.92 Å². The molecule has 6 nitrogen and oxygen atoms in total. The number of hydrogen-bond donors (Lipinski definition) is 1. The number of anilines is 1. The maximum Gasteiger partial charge on any atom is 0.227 e. The van der Waals surface area contributed by atoms with Crippen molar-refractivity contribution in [3.05, 3.63) is 59.7 Å². The quantitative estimate of drug-likeness (QED) is 0.690. The van der Waals surface area contributed by atoms with Crippen molar-refractivity contribution in [2.24, 2.45) is 5.92 Å². The molecule has 7 heteroatoms. The number of amides is 2. The van der Waals surface area contributed by atoms with Crippen molar-refractivity contribution < 1.29 is 18.0 Å². The molecule has 2 aliphatic rings. The third kappa shape index (κ3) is 4.41. The van der Waals surface area contributed by atoms with E-state index in [-0.39, 0.29) is 30.5 Å². The monoisotopic (exact) mass is 426 g/mol. The Labute approximate surface area is 177 Å². The second kappa shape index (κ2) is 8.60. The Hall–Kier alpha value is -2.67. The van der Waals surface area contributed by atoms with Crippen LogP contribution in [0.3, 0.4) is 0 Å². The Balaban J connectivity index is 1.28. The van der Waals surface area contributed by atoms with Crippen LogP contribution in [0.15, 0.2) is 53.4 Å². The number of carbonyl (C=O) groups excluding carboxylic acids is 2. The summed E-state index contributed by atoms with van der Waals surface area (Å²) in [7, 11) is -3.35. The van der Waals surface area contributed by atoms with Crippen LogP contribution < -0.4 is 10.2 Å². The number of rotatable bonds is 7. The molecule has 1 aliphatic carbocycles. The second-order valence-electron chi connectivity index (χ2n) is 7.99. The van der Waals surface area contributed by atoms with Gasteiger partial charge in [0.25, 0.3) is 0 Å². The van der Waals surface area contributed by atoms with Gasteiger partial charge < -0.3 is 10.2 Å². The average molecular weight is 427 g/mol. The van der Waals surface area contributed by atoms with Crippen LogP contribution in [0.2, 0.25) is 0 Å². The van der Waals surface area contributed by atoms with Gasteiger partial charge in [-0.2, -0.15) is 0 Å². The molecule has 1 heterocycles. The van der Waals surface area contributed by atoms with Gasteiger partial charge in [-0.15, -0.1) is 0 Å². The van der Waals surface area contributed by atoms with Gasteiger partial charge in [-0.05, 0) is 61.1 Å². The first-order valence-electron chi connectivity index (χ1n) is 10.4. The fraction of sp³-hybridized carbons (Fsp3) is 0.391. The van der Waals surface area contributed by atoms with Crippen LogP contribution in [0.1, 0.15) is 30.4 Å². The highest BCUT2D eigenvalue weighted by Crippen LogP contribution is 2.30. The molecule has 1 atom stereocenters. The third-order valence-electron chi connectivity index (χ3n) is 5.88. The standard InChI is InChI=1S/C23H26N2O4S/c26-22-15-19(16-25(22)20-11-10-17-6-4-7-18(17)14-20)23(27)24-12-5-13-30(28,29)21-8-2-1-3-9-21/h1-3,8-11,14,19H,4-7,12-13,15-16H2,(H,24,27). The number of nitrogens with one attached hydrogen (secondary N) is 1. The molecule has 0 bridgehead atoms. The maximum atomic E-state index is 12.5. The van der Waals surface area contributed by atoms with Crippen molar-refractivity contribution in [1.29, 1.82) is 0 Å². The predicted molar refractivity (Wildman–Crippen MR) is 115 cm³/mol. The lowest BCUT2D eigenvalue weighted by Gasteiger charge is -2.18. The van der Waals surface area contributed by atoms with Gasteiger partial charge >= 0.3 is 0 Å². The molecule has 0 radical (unpaired) electrons. The van der Waals surface area contributed by atoms with Gasteiger partial charge in [0, 0.05) is 25.2 Å². The molecular formula is C23H26N2O4S. The van der Waals surface area contributed by atoms with E-state index in [1.165, 1.54) is 11.1 Å². The summed E-state index contributed by atoms with van der Waals surface area (Å²) in [5.41, 5.74) is 3.52. The summed E-state index contributed by atoms with van der Waals surface area (Å²) in [6, 6.07) is 14.4. The summed E-state index contributed by atoms with van der Waals surface area (Å²) in [4.78, 5) is 27.0. The highest BCUT2D eigenvalue weighted by molar-refractivity contribution is 7.91. The van der Waals surface area contributed by atoms with Crippen molar-refractivity contribution >= 4 is 27.3 Å². The Morgan fingerprint density at radius 2 is 1.83 bits per heavy atom. The predicted octanol–water partition coefficient (Wildman–Crippen LogP) is 2.51. The molecule has 1 unspecified atom stereocenters. The number of hydrogen-bond acceptors (Lipinski definition) is 4. The smallest absolute Gasteiger partial charge is 0.227 e. The van der Waals surface area contributed by atoms with Gasteiger partial charge in [-0.25, -0.2) is 8.42 Å². The van der Waals surface area contributed by atoms with E-state index < -0.39 is 15.8 Å². The minimum atomic E-state index is -3.35. The molecular weight excluding hydrogens is 400 g/mol. The summed E-state index contributed by atoms with van der Waals surface area (Å²) in [6.45, 7) is 0.639. The average Bonchev–Trinajstić information content (AvgIpc) is 3.37. The summed E-state index contributed by atoms with van der Waals surface area (Å²) < 4.78 is 24.6.